The molecule has 5 nitrogen and oxygen atoms in total. The number of aryl methyl sites for hydroxylation is 1. The zero-order valence-electron chi connectivity index (χ0n) is 17.9. The molecule has 3 rings (SSSR count). The van der Waals surface area contributed by atoms with Crippen LogP contribution in [0, 0.1) is 6.92 Å². The molecule has 0 saturated heterocycles. The third-order valence-corrected chi connectivity index (χ3v) is 6.79. The van der Waals surface area contributed by atoms with E-state index in [1.807, 2.05) is 37.3 Å². The van der Waals surface area contributed by atoms with Crippen LogP contribution in [-0.4, -0.2) is 20.9 Å². The minimum atomic E-state index is -3.90. The van der Waals surface area contributed by atoms with E-state index in [4.69, 9.17) is 0 Å². The smallest absolute Gasteiger partial charge is 0.264 e. The van der Waals surface area contributed by atoms with Crippen LogP contribution in [-0.2, 0) is 16.6 Å². The normalized spacial score (nSPS) is 11.2. The largest absolute Gasteiger partial charge is 0.352 e. The van der Waals surface area contributed by atoms with Gasteiger partial charge < -0.3 is 5.32 Å². The van der Waals surface area contributed by atoms with Crippen molar-refractivity contribution >= 4 is 21.6 Å². The molecule has 1 amide bonds. The lowest BCUT2D eigenvalue weighted by Gasteiger charge is -2.26. The lowest BCUT2D eigenvalue weighted by atomic mass is 10.1. The van der Waals surface area contributed by atoms with Crippen molar-refractivity contribution in [2.24, 2.45) is 0 Å². The fraction of sp³-hybridized carbons (Fsp3) is 0.240. The van der Waals surface area contributed by atoms with Crippen molar-refractivity contribution in [3.05, 3.63) is 95.6 Å². The van der Waals surface area contributed by atoms with Crippen molar-refractivity contribution in [2.75, 3.05) is 10.8 Å². The second kappa shape index (κ2) is 10.3. The first-order valence-corrected chi connectivity index (χ1v) is 11.9. The van der Waals surface area contributed by atoms with Crippen LogP contribution in [0.4, 0.5) is 5.69 Å². The Labute approximate surface area is 184 Å². The van der Waals surface area contributed by atoms with Gasteiger partial charge in [-0.1, -0.05) is 73.5 Å². The SMILES string of the molecule is CCCCNC(=O)c1ccccc1N(Cc1ccccc1)S(=O)(=O)c1ccc(C)cc1. The highest BCUT2D eigenvalue weighted by atomic mass is 32.2. The maximum Gasteiger partial charge on any atom is 0.264 e. The summed E-state index contributed by atoms with van der Waals surface area (Å²) in [7, 11) is -3.90. The van der Waals surface area contributed by atoms with Gasteiger partial charge in [-0.15, -0.1) is 0 Å². The van der Waals surface area contributed by atoms with Crippen molar-refractivity contribution < 1.29 is 13.2 Å². The van der Waals surface area contributed by atoms with Gasteiger partial charge in [-0.25, -0.2) is 8.42 Å². The summed E-state index contributed by atoms with van der Waals surface area (Å²) in [6, 6.07) is 23.0. The van der Waals surface area contributed by atoms with Gasteiger partial charge in [-0.2, -0.15) is 0 Å². The van der Waals surface area contributed by atoms with Crippen molar-refractivity contribution in [1.82, 2.24) is 5.32 Å². The molecule has 162 valence electrons. The lowest BCUT2D eigenvalue weighted by molar-refractivity contribution is 0.0954. The van der Waals surface area contributed by atoms with E-state index < -0.39 is 10.0 Å². The predicted octanol–water partition coefficient (Wildman–Crippen LogP) is 4.92. The molecule has 0 heterocycles. The van der Waals surface area contributed by atoms with Gasteiger partial charge in [0.2, 0.25) is 0 Å². The summed E-state index contributed by atoms with van der Waals surface area (Å²) in [5.74, 6) is -0.277. The van der Waals surface area contributed by atoms with Crippen molar-refractivity contribution in [1.29, 1.82) is 0 Å². The number of hydrogen-bond donors (Lipinski definition) is 1. The molecule has 6 heteroatoms. The quantitative estimate of drug-likeness (QED) is 0.484. The number of nitrogens with one attached hydrogen (secondary N) is 1. The van der Waals surface area contributed by atoms with Gasteiger partial charge >= 0.3 is 0 Å². The summed E-state index contributed by atoms with van der Waals surface area (Å²) in [6.07, 6.45) is 1.83. The average Bonchev–Trinajstić information content (AvgIpc) is 2.78. The van der Waals surface area contributed by atoms with Gasteiger partial charge in [0.25, 0.3) is 15.9 Å². The summed E-state index contributed by atoms with van der Waals surface area (Å²) in [6.45, 7) is 4.63. The Kier molecular flexibility index (Phi) is 7.47. The highest BCUT2D eigenvalue weighted by molar-refractivity contribution is 7.92. The van der Waals surface area contributed by atoms with Gasteiger partial charge in [0.05, 0.1) is 22.7 Å². The van der Waals surface area contributed by atoms with E-state index >= 15 is 0 Å². The molecular weight excluding hydrogens is 408 g/mol. The molecule has 0 radical (unpaired) electrons. The van der Waals surface area contributed by atoms with E-state index in [1.165, 1.54) is 4.31 Å². The van der Waals surface area contributed by atoms with E-state index in [0.717, 1.165) is 24.0 Å². The first-order valence-electron chi connectivity index (χ1n) is 10.4. The van der Waals surface area contributed by atoms with Gasteiger partial charge in [-0.3, -0.25) is 9.10 Å². The Hall–Kier alpha value is -3.12. The van der Waals surface area contributed by atoms with Crippen LogP contribution >= 0.6 is 0 Å². The summed E-state index contributed by atoms with van der Waals surface area (Å²) >= 11 is 0. The number of rotatable bonds is 9. The van der Waals surface area contributed by atoms with Crippen LogP contribution in [0.2, 0.25) is 0 Å². The summed E-state index contributed by atoms with van der Waals surface area (Å²) in [5, 5.41) is 2.90. The zero-order chi connectivity index (χ0) is 22.3. The van der Waals surface area contributed by atoms with E-state index in [-0.39, 0.29) is 17.3 Å². The molecule has 1 N–H and O–H groups in total. The van der Waals surface area contributed by atoms with Crippen molar-refractivity contribution in [2.45, 2.75) is 38.1 Å². The first kappa shape index (κ1) is 22.6. The molecule has 3 aromatic rings. The molecule has 3 aromatic carbocycles. The molecule has 0 saturated carbocycles. The van der Waals surface area contributed by atoms with E-state index in [0.29, 0.717) is 17.8 Å². The molecule has 0 aliphatic heterocycles. The third kappa shape index (κ3) is 5.52. The molecule has 0 unspecified atom stereocenters. The zero-order valence-corrected chi connectivity index (χ0v) is 18.7. The Morgan fingerprint density at radius 1 is 0.903 bits per heavy atom. The summed E-state index contributed by atoms with van der Waals surface area (Å²) < 4.78 is 28.7. The van der Waals surface area contributed by atoms with Gasteiger partial charge in [0, 0.05) is 6.54 Å². The predicted molar refractivity (Wildman–Crippen MR) is 125 cm³/mol. The topological polar surface area (TPSA) is 66.5 Å². The molecule has 0 aliphatic carbocycles. The van der Waals surface area contributed by atoms with Crippen LogP contribution in [0.3, 0.4) is 0 Å². The lowest BCUT2D eigenvalue weighted by Crippen LogP contribution is -2.33. The third-order valence-electron chi connectivity index (χ3n) is 5.01. The Morgan fingerprint density at radius 3 is 2.23 bits per heavy atom. The number of nitrogens with zero attached hydrogens (tertiary/aromatic N) is 1. The number of amides is 1. The van der Waals surface area contributed by atoms with Crippen LogP contribution in [0.1, 0.15) is 41.3 Å². The number of unbranched alkanes of at least 4 members (excludes halogenated alkanes) is 1. The fourth-order valence-electron chi connectivity index (χ4n) is 3.24. The number of benzene rings is 3. The Balaban J connectivity index is 2.07. The maximum atomic E-state index is 13.7. The highest BCUT2D eigenvalue weighted by Gasteiger charge is 2.28. The number of carbonyl (C=O) groups is 1. The minimum Gasteiger partial charge on any atom is -0.352 e. The summed E-state index contributed by atoms with van der Waals surface area (Å²) in [4.78, 5) is 13.1. The molecular formula is C25H28N2O3S. The Bertz CT molecular complexity index is 1110. The number of anilines is 1. The molecule has 0 spiro atoms. The standard InChI is InChI=1S/C25H28N2O3S/c1-3-4-18-26-25(28)23-12-8-9-13-24(23)27(19-21-10-6-5-7-11-21)31(29,30)22-16-14-20(2)15-17-22/h5-17H,3-4,18-19H2,1-2H3,(H,26,28). The fourth-order valence-corrected chi connectivity index (χ4v) is 4.72. The number of hydrogen-bond acceptors (Lipinski definition) is 3. The molecule has 0 fully saturated rings. The van der Waals surface area contributed by atoms with Crippen LogP contribution in [0.15, 0.2) is 83.8 Å². The second-order valence-electron chi connectivity index (χ2n) is 7.44. The van der Waals surface area contributed by atoms with E-state index in [1.54, 1.807) is 48.5 Å². The number of para-hydroxylation sites is 1. The molecule has 0 atom stereocenters. The summed E-state index contributed by atoms with van der Waals surface area (Å²) in [5.41, 5.74) is 2.51. The van der Waals surface area contributed by atoms with Crippen LogP contribution in [0.25, 0.3) is 0 Å². The Morgan fingerprint density at radius 2 is 1.55 bits per heavy atom. The highest BCUT2D eigenvalue weighted by Crippen LogP contribution is 2.29. The monoisotopic (exact) mass is 436 g/mol. The second-order valence-corrected chi connectivity index (χ2v) is 9.30. The van der Waals surface area contributed by atoms with Crippen molar-refractivity contribution in [3.63, 3.8) is 0 Å². The van der Waals surface area contributed by atoms with Crippen LogP contribution < -0.4 is 9.62 Å². The van der Waals surface area contributed by atoms with Crippen LogP contribution in [0.5, 0.6) is 0 Å². The molecule has 31 heavy (non-hydrogen) atoms. The van der Waals surface area contributed by atoms with Gasteiger partial charge in [-0.05, 0) is 43.2 Å². The first-order chi connectivity index (χ1) is 14.9. The average molecular weight is 437 g/mol. The number of carbonyl (C=O) groups excluding carboxylic acids is 1. The number of sulfonamides is 1. The molecule has 0 aromatic heterocycles. The van der Waals surface area contributed by atoms with Gasteiger partial charge in [0.1, 0.15) is 0 Å². The molecule has 0 aliphatic rings. The van der Waals surface area contributed by atoms with E-state index in [2.05, 4.69) is 12.2 Å². The minimum absolute atomic E-state index is 0.121. The van der Waals surface area contributed by atoms with Gasteiger partial charge in [0.15, 0.2) is 0 Å². The van der Waals surface area contributed by atoms with E-state index in [9.17, 15) is 13.2 Å². The molecule has 0 bridgehead atoms. The van der Waals surface area contributed by atoms with Crippen molar-refractivity contribution in [3.8, 4) is 0 Å². The maximum absolute atomic E-state index is 13.7.